The SMILES string of the molecule is C[C@@H](NC(=O)/C=C/c1ccccc1Cl)C(=O)O. The molecule has 0 fully saturated rings. The third-order valence-corrected chi connectivity index (χ3v) is 2.39. The van der Waals surface area contributed by atoms with E-state index in [9.17, 15) is 9.59 Å². The smallest absolute Gasteiger partial charge is 0.325 e. The lowest BCUT2D eigenvalue weighted by Gasteiger charge is -2.06. The molecule has 0 saturated heterocycles. The lowest BCUT2D eigenvalue weighted by molar-refractivity contribution is -0.140. The van der Waals surface area contributed by atoms with Crippen molar-refractivity contribution in [3.63, 3.8) is 0 Å². The Kier molecular flexibility index (Phi) is 4.72. The molecule has 1 aromatic carbocycles. The predicted octanol–water partition coefficient (Wildman–Crippen LogP) is 1.94. The fourth-order valence-corrected chi connectivity index (χ4v) is 1.30. The number of aliphatic carboxylic acids is 1. The maximum absolute atomic E-state index is 11.3. The molecule has 0 aliphatic carbocycles. The van der Waals surface area contributed by atoms with Crippen molar-refractivity contribution in [2.24, 2.45) is 0 Å². The van der Waals surface area contributed by atoms with Gasteiger partial charge in [-0.25, -0.2) is 0 Å². The summed E-state index contributed by atoms with van der Waals surface area (Å²) in [5.74, 6) is -1.55. The minimum Gasteiger partial charge on any atom is -0.480 e. The first-order valence-electron chi connectivity index (χ1n) is 4.96. The van der Waals surface area contributed by atoms with E-state index in [0.29, 0.717) is 10.6 Å². The zero-order chi connectivity index (χ0) is 12.8. The van der Waals surface area contributed by atoms with Gasteiger partial charge < -0.3 is 10.4 Å². The number of hydrogen-bond donors (Lipinski definition) is 2. The Morgan fingerprint density at radius 1 is 1.41 bits per heavy atom. The zero-order valence-electron chi connectivity index (χ0n) is 9.18. The number of hydrogen-bond acceptors (Lipinski definition) is 2. The molecule has 0 bridgehead atoms. The van der Waals surface area contributed by atoms with E-state index in [0.717, 1.165) is 0 Å². The third-order valence-electron chi connectivity index (χ3n) is 2.05. The first-order valence-corrected chi connectivity index (χ1v) is 5.34. The zero-order valence-corrected chi connectivity index (χ0v) is 9.94. The Bertz CT molecular complexity index is 457. The molecule has 1 atom stereocenters. The van der Waals surface area contributed by atoms with Crippen molar-refractivity contribution in [2.45, 2.75) is 13.0 Å². The number of nitrogens with one attached hydrogen (secondary N) is 1. The summed E-state index contributed by atoms with van der Waals surface area (Å²) in [6.45, 7) is 1.39. The Morgan fingerprint density at radius 2 is 2.06 bits per heavy atom. The van der Waals surface area contributed by atoms with Crippen molar-refractivity contribution in [3.8, 4) is 0 Å². The summed E-state index contributed by atoms with van der Waals surface area (Å²) in [5, 5.41) is 11.4. The predicted molar refractivity (Wildman–Crippen MR) is 65.7 cm³/mol. The molecule has 0 aromatic heterocycles. The largest absolute Gasteiger partial charge is 0.480 e. The topological polar surface area (TPSA) is 66.4 Å². The Hall–Kier alpha value is -1.81. The molecule has 90 valence electrons. The number of carboxylic acid groups (broad SMARTS) is 1. The molecule has 1 aromatic rings. The molecule has 1 amide bonds. The van der Waals surface area contributed by atoms with E-state index >= 15 is 0 Å². The molecule has 1 rings (SSSR count). The molecule has 0 saturated carbocycles. The van der Waals surface area contributed by atoms with Crippen LogP contribution in [0.25, 0.3) is 6.08 Å². The van der Waals surface area contributed by atoms with E-state index in [1.165, 1.54) is 19.1 Å². The van der Waals surface area contributed by atoms with Crippen molar-refractivity contribution in [1.29, 1.82) is 0 Å². The Morgan fingerprint density at radius 3 is 2.65 bits per heavy atom. The summed E-state index contributed by atoms with van der Waals surface area (Å²) in [6.07, 6.45) is 2.78. The highest BCUT2D eigenvalue weighted by Crippen LogP contribution is 2.15. The van der Waals surface area contributed by atoms with Crippen molar-refractivity contribution in [3.05, 3.63) is 40.9 Å². The minimum atomic E-state index is -1.08. The minimum absolute atomic E-state index is 0.472. The van der Waals surface area contributed by atoms with E-state index in [2.05, 4.69) is 5.32 Å². The second kappa shape index (κ2) is 6.06. The molecule has 2 N–H and O–H groups in total. The highest BCUT2D eigenvalue weighted by Gasteiger charge is 2.11. The maximum atomic E-state index is 11.3. The molecule has 0 radical (unpaired) electrons. The molecular formula is C12H12ClNO3. The molecular weight excluding hydrogens is 242 g/mol. The lowest BCUT2D eigenvalue weighted by atomic mass is 10.2. The van der Waals surface area contributed by atoms with Crippen molar-refractivity contribution < 1.29 is 14.7 Å². The summed E-state index contributed by atoms with van der Waals surface area (Å²) in [7, 11) is 0. The number of benzene rings is 1. The van der Waals surface area contributed by atoms with Gasteiger partial charge in [-0.2, -0.15) is 0 Å². The molecule has 0 aliphatic rings. The van der Waals surface area contributed by atoms with Crippen LogP contribution in [0.2, 0.25) is 5.02 Å². The van der Waals surface area contributed by atoms with Crippen LogP contribution in [0.1, 0.15) is 12.5 Å². The van der Waals surface area contributed by atoms with Crippen LogP contribution in [0, 0.1) is 0 Å². The summed E-state index contributed by atoms with van der Waals surface area (Å²) in [4.78, 5) is 21.8. The number of carbonyl (C=O) groups excluding carboxylic acids is 1. The van der Waals surface area contributed by atoms with Gasteiger partial charge in [0.05, 0.1) is 0 Å². The monoisotopic (exact) mass is 253 g/mol. The molecule has 5 heteroatoms. The van der Waals surface area contributed by atoms with E-state index in [1.54, 1.807) is 24.3 Å². The van der Waals surface area contributed by atoms with Crippen molar-refractivity contribution in [1.82, 2.24) is 5.32 Å². The van der Waals surface area contributed by atoms with Crippen LogP contribution in [0.5, 0.6) is 0 Å². The van der Waals surface area contributed by atoms with E-state index < -0.39 is 17.9 Å². The van der Waals surface area contributed by atoms with Gasteiger partial charge in [-0.3, -0.25) is 9.59 Å². The van der Waals surface area contributed by atoms with Crippen LogP contribution >= 0.6 is 11.6 Å². The van der Waals surface area contributed by atoms with Gasteiger partial charge in [0.25, 0.3) is 0 Å². The molecule has 17 heavy (non-hydrogen) atoms. The first kappa shape index (κ1) is 13.3. The number of amides is 1. The van der Waals surface area contributed by atoms with Crippen LogP contribution in [0.15, 0.2) is 30.3 Å². The molecule has 0 spiro atoms. The number of halogens is 1. The molecule has 0 unspecified atom stereocenters. The van der Waals surface area contributed by atoms with Crippen molar-refractivity contribution in [2.75, 3.05) is 0 Å². The van der Waals surface area contributed by atoms with Crippen LogP contribution in [-0.2, 0) is 9.59 Å². The number of carboxylic acids is 1. The molecule has 4 nitrogen and oxygen atoms in total. The Balaban J connectivity index is 2.63. The van der Waals surface area contributed by atoms with Crippen LogP contribution in [0.4, 0.5) is 0 Å². The van der Waals surface area contributed by atoms with E-state index in [1.807, 2.05) is 0 Å². The van der Waals surface area contributed by atoms with Gasteiger partial charge in [-0.1, -0.05) is 29.8 Å². The summed E-state index contributed by atoms with van der Waals surface area (Å²) < 4.78 is 0. The number of carbonyl (C=O) groups is 2. The second-order valence-electron chi connectivity index (χ2n) is 3.42. The summed E-state index contributed by atoms with van der Waals surface area (Å²) in [6, 6.07) is 6.12. The quantitative estimate of drug-likeness (QED) is 0.806. The number of rotatable bonds is 4. The molecule has 0 heterocycles. The summed E-state index contributed by atoms with van der Waals surface area (Å²) >= 11 is 5.89. The summed E-state index contributed by atoms with van der Waals surface area (Å²) in [5.41, 5.74) is 0.701. The van der Waals surface area contributed by atoms with Gasteiger partial charge in [-0.05, 0) is 24.6 Å². The first-order chi connectivity index (χ1) is 8.00. The van der Waals surface area contributed by atoms with E-state index in [4.69, 9.17) is 16.7 Å². The Labute approximate surface area is 104 Å². The fraction of sp³-hybridized carbons (Fsp3) is 0.167. The van der Waals surface area contributed by atoms with Gasteiger partial charge in [0.2, 0.25) is 5.91 Å². The van der Waals surface area contributed by atoms with Gasteiger partial charge in [0, 0.05) is 11.1 Å². The average Bonchev–Trinajstić information content (AvgIpc) is 2.27. The van der Waals surface area contributed by atoms with Crippen LogP contribution in [0.3, 0.4) is 0 Å². The average molecular weight is 254 g/mol. The molecule has 0 aliphatic heterocycles. The normalized spacial score (nSPS) is 12.4. The van der Waals surface area contributed by atoms with Gasteiger partial charge in [0.1, 0.15) is 6.04 Å². The van der Waals surface area contributed by atoms with Gasteiger partial charge in [-0.15, -0.1) is 0 Å². The third kappa shape index (κ3) is 4.28. The second-order valence-corrected chi connectivity index (χ2v) is 3.83. The highest BCUT2D eigenvalue weighted by atomic mass is 35.5. The highest BCUT2D eigenvalue weighted by molar-refractivity contribution is 6.32. The van der Waals surface area contributed by atoms with Crippen LogP contribution in [-0.4, -0.2) is 23.0 Å². The standard InChI is InChI=1S/C12H12ClNO3/c1-8(12(16)17)14-11(15)7-6-9-4-2-3-5-10(9)13/h2-8H,1H3,(H,14,15)(H,16,17)/b7-6+/t8-/m1/s1. The fourth-order valence-electron chi connectivity index (χ4n) is 1.10. The maximum Gasteiger partial charge on any atom is 0.325 e. The van der Waals surface area contributed by atoms with E-state index in [-0.39, 0.29) is 0 Å². The van der Waals surface area contributed by atoms with Gasteiger partial charge >= 0.3 is 5.97 Å². The van der Waals surface area contributed by atoms with Crippen molar-refractivity contribution >= 4 is 29.6 Å². The van der Waals surface area contributed by atoms with Gasteiger partial charge in [0.15, 0.2) is 0 Å². The lowest BCUT2D eigenvalue weighted by Crippen LogP contribution is -2.37. The van der Waals surface area contributed by atoms with Crippen LogP contribution < -0.4 is 5.32 Å².